The van der Waals surface area contributed by atoms with Crippen molar-refractivity contribution in [3.63, 3.8) is 0 Å². The first-order valence-electron chi connectivity index (χ1n) is 6.22. The van der Waals surface area contributed by atoms with Crippen LogP contribution in [0.15, 0.2) is 30.3 Å². The van der Waals surface area contributed by atoms with Gasteiger partial charge in [0.25, 0.3) is 5.91 Å². The summed E-state index contributed by atoms with van der Waals surface area (Å²) in [6, 6.07) is 8.85. The Labute approximate surface area is 128 Å². The molecule has 2 aromatic carbocycles. The number of hydrogen-bond donors (Lipinski definition) is 1. The average molecular weight is 308 g/mol. The monoisotopic (exact) mass is 307 g/mol. The normalized spacial score (nSPS) is 10.4. The highest BCUT2D eigenvalue weighted by atomic mass is 35.5. The summed E-state index contributed by atoms with van der Waals surface area (Å²) in [7, 11) is 0. The molecule has 0 atom stereocenters. The molecule has 2 aromatic rings. The number of anilines is 1. The van der Waals surface area contributed by atoms with Crippen molar-refractivity contribution in [3.8, 4) is 0 Å². The van der Waals surface area contributed by atoms with Gasteiger partial charge in [0, 0.05) is 10.7 Å². The van der Waals surface area contributed by atoms with E-state index in [0.717, 1.165) is 16.8 Å². The predicted molar refractivity (Wildman–Crippen MR) is 85.1 cm³/mol. The Morgan fingerprint density at radius 2 is 1.60 bits per heavy atom. The van der Waals surface area contributed by atoms with E-state index in [1.807, 2.05) is 26.8 Å². The highest BCUT2D eigenvalue weighted by molar-refractivity contribution is 6.37. The molecule has 1 N–H and O–H groups in total. The maximum atomic E-state index is 12.3. The molecule has 0 heterocycles. The molecular formula is C16H15Cl2NO. The SMILES string of the molecule is Cc1cc(C)c(NC(=O)c2ccc(Cl)cc2Cl)cc1C. The fraction of sp³-hybridized carbons (Fsp3) is 0.188. The quantitative estimate of drug-likeness (QED) is 0.814. The second-order valence-electron chi connectivity index (χ2n) is 4.83. The van der Waals surface area contributed by atoms with Gasteiger partial charge in [0.05, 0.1) is 10.6 Å². The van der Waals surface area contributed by atoms with Crippen molar-refractivity contribution in [3.05, 3.63) is 62.6 Å². The van der Waals surface area contributed by atoms with E-state index in [1.165, 1.54) is 5.56 Å². The van der Waals surface area contributed by atoms with E-state index in [2.05, 4.69) is 11.4 Å². The molecule has 2 nitrogen and oxygen atoms in total. The first-order valence-corrected chi connectivity index (χ1v) is 6.98. The van der Waals surface area contributed by atoms with Gasteiger partial charge in [-0.15, -0.1) is 0 Å². The van der Waals surface area contributed by atoms with E-state index < -0.39 is 0 Å². The van der Waals surface area contributed by atoms with E-state index in [0.29, 0.717) is 15.6 Å². The minimum atomic E-state index is -0.238. The molecule has 0 radical (unpaired) electrons. The summed E-state index contributed by atoms with van der Waals surface area (Å²) in [5, 5.41) is 3.74. The van der Waals surface area contributed by atoms with Crippen LogP contribution in [0.1, 0.15) is 27.0 Å². The average Bonchev–Trinajstić information content (AvgIpc) is 2.35. The molecule has 2 rings (SSSR count). The maximum Gasteiger partial charge on any atom is 0.257 e. The highest BCUT2D eigenvalue weighted by Gasteiger charge is 2.12. The number of aryl methyl sites for hydroxylation is 3. The zero-order chi connectivity index (χ0) is 14.9. The summed E-state index contributed by atoms with van der Waals surface area (Å²) in [4.78, 5) is 12.3. The van der Waals surface area contributed by atoms with Crippen molar-refractivity contribution >= 4 is 34.8 Å². The minimum Gasteiger partial charge on any atom is -0.322 e. The van der Waals surface area contributed by atoms with Crippen LogP contribution in [0.3, 0.4) is 0 Å². The lowest BCUT2D eigenvalue weighted by Crippen LogP contribution is -2.13. The Bertz CT molecular complexity index is 680. The second-order valence-corrected chi connectivity index (χ2v) is 5.67. The lowest BCUT2D eigenvalue weighted by molar-refractivity contribution is 0.102. The number of carbonyl (C=O) groups is 1. The van der Waals surface area contributed by atoms with Crippen LogP contribution >= 0.6 is 23.2 Å². The third-order valence-corrected chi connectivity index (χ3v) is 3.81. The van der Waals surface area contributed by atoms with Crippen LogP contribution in [-0.4, -0.2) is 5.91 Å². The molecule has 0 saturated heterocycles. The smallest absolute Gasteiger partial charge is 0.257 e. The number of halogens is 2. The number of amides is 1. The number of nitrogens with one attached hydrogen (secondary N) is 1. The minimum absolute atomic E-state index is 0.238. The number of hydrogen-bond acceptors (Lipinski definition) is 1. The Morgan fingerprint density at radius 1 is 0.950 bits per heavy atom. The van der Waals surface area contributed by atoms with Gasteiger partial charge in [-0.2, -0.15) is 0 Å². The van der Waals surface area contributed by atoms with E-state index >= 15 is 0 Å². The summed E-state index contributed by atoms with van der Waals surface area (Å²) < 4.78 is 0. The molecule has 0 aliphatic heterocycles. The highest BCUT2D eigenvalue weighted by Crippen LogP contribution is 2.24. The first-order chi connectivity index (χ1) is 9.38. The molecule has 4 heteroatoms. The van der Waals surface area contributed by atoms with E-state index in [-0.39, 0.29) is 5.91 Å². The zero-order valence-corrected chi connectivity index (χ0v) is 13.1. The Morgan fingerprint density at radius 3 is 2.25 bits per heavy atom. The summed E-state index contributed by atoms with van der Waals surface area (Å²) in [6.45, 7) is 6.02. The maximum absolute atomic E-state index is 12.3. The van der Waals surface area contributed by atoms with Gasteiger partial charge in [0.1, 0.15) is 0 Å². The summed E-state index contributed by atoms with van der Waals surface area (Å²) in [5.41, 5.74) is 4.56. The molecule has 0 bridgehead atoms. The fourth-order valence-corrected chi connectivity index (χ4v) is 2.45. The van der Waals surface area contributed by atoms with Crippen LogP contribution < -0.4 is 5.32 Å². The lowest BCUT2D eigenvalue weighted by Gasteiger charge is -2.12. The summed E-state index contributed by atoms with van der Waals surface area (Å²) in [6.07, 6.45) is 0. The summed E-state index contributed by atoms with van der Waals surface area (Å²) >= 11 is 11.9. The molecule has 0 unspecified atom stereocenters. The topological polar surface area (TPSA) is 29.1 Å². The fourth-order valence-electron chi connectivity index (χ4n) is 1.96. The van der Waals surface area contributed by atoms with Gasteiger partial charge < -0.3 is 5.32 Å². The molecule has 0 spiro atoms. The molecule has 0 aliphatic rings. The molecule has 20 heavy (non-hydrogen) atoms. The van der Waals surface area contributed by atoms with Gasteiger partial charge >= 0.3 is 0 Å². The van der Waals surface area contributed by atoms with Crippen molar-refractivity contribution in [2.75, 3.05) is 5.32 Å². The molecule has 0 fully saturated rings. The van der Waals surface area contributed by atoms with Crippen molar-refractivity contribution < 1.29 is 4.79 Å². The van der Waals surface area contributed by atoms with Crippen molar-refractivity contribution in [1.29, 1.82) is 0 Å². The molecule has 0 aromatic heterocycles. The largest absolute Gasteiger partial charge is 0.322 e. The van der Waals surface area contributed by atoms with Gasteiger partial charge in [-0.25, -0.2) is 0 Å². The van der Waals surface area contributed by atoms with Crippen LogP contribution in [-0.2, 0) is 0 Å². The molecule has 1 amide bonds. The van der Waals surface area contributed by atoms with Gasteiger partial charge in [0.2, 0.25) is 0 Å². The van der Waals surface area contributed by atoms with Gasteiger partial charge in [-0.1, -0.05) is 29.3 Å². The van der Waals surface area contributed by atoms with Crippen LogP contribution in [0, 0.1) is 20.8 Å². The molecule has 0 saturated carbocycles. The predicted octanol–water partition coefficient (Wildman–Crippen LogP) is 5.17. The van der Waals surface area contributed by atoms with E-state index in [4.69, 9.17) is 23.2 Å². The van der Waals surface area contributed by atoms with Gasteiger partial charge in [-0.05, 0) is 61.7 Å². The van der Waals surface area contributed by atoms with Crippen LogP contribution in [0.25, 0.3) is 0 Å². The number of carbonyl (C=O) groups excluding carboxylic acids is 1. The lowest BCUT2D eigenvalue weighted by atomic mass is 10.0. The summed E-state index contributed by atoms with van der Waals surface area (Å²) in [5.74, 6) is -0.238. The third kappa shape index (κ3) is 3.14. The van der Waals surface area contributed by atoms with Crippen molar-refractivity contribution in [2.24, 2.45) is 0 Å². The number of benzene rings is 2. The zero-order valence-electron chi connectivity index (χ0n) is 11.6. The Balaban J connectivity index is 2.30. The van der Waals surface area contributed by atoms with E-state index in [1.54, 1.807) is 18.2 Å². The standard InChI is InChI=1S/C16H15Cl2NO/c1-9-6-11(3)15(7-10(9)2)19-16(20)13-5-4-12(17)8-14(13)18/h4-8H,1-3H3,(H,19,20). The van der Waals surface area contributed by atoms with Crippen LogP contribution in [0.5, 0.6) is 0 Å². The van der Waals surface area contributed by atoms with Gasteiger partial charge in [0.15, 0.2) is 0 Å². The first kappa shape index (κ1) is 14.9. The van der Waals surface area contributed by atoms with Crippen molar-refractivity contribution in [2.45, 2.75) is 20.8 Å². The number of rotatable bonds is 2. The van der Waals surface area contributed by atoms with E-state index in [9.17, 15) is 4.79 Å². The molecular weight excluding hydrogens is 293 g/mol. The van der Waals surface area contributed by atoms with Crippen LogP contribution in [0.2, 0.25) is 10.0 Å². The Hall–Kier alpha value is -1.51. The second kappa shape index (κ2) is 5.86. The van der Waals surface area contributed by atoms with Crippen LogP contribution in [0.4, 0.5) is 5.69 Å². The van der Waals surface area contributed by atoms with Crippen molar-refractivity contribution in [1.82, 2.24) is 0 Å². The van der Waals surface area contributed by atoms with Gasteiger partial charge in [-0.3, -0.25) is 4.79 Å². The molecule has 104 valence electrons. The molecule has 0 aliphatic carbocycles. The Kier molecular flexibility index (Phi) is 4.36. The third-order valence-electron chi connectivity index (χ3n) is 3.26.